The Kier molecular flexibility index (Phi) is 2.79. The highest BCUT2D eigenvalue weighted by molar-refractivity contribution is 9.10. The summed E-state index contributed by atoms with van der Waals surface area (Å²) in [7, 11) is 1.69. The SMILES string of the molecule is COc1cc(C2(CN)CC2(C)C)ccc1Br. The number of methoxy groups -OCH3 is 1. The van der Waals surface area contributed by atoms with Crippen molar-refractivity contribution >= 4 is 15.9 Å². The molecule has 1 aliphatic carbocycles. The van der Waals surface area contributed by atoms with Crippen LogP contribution < -0.4 is 10.5 Å². The molecule has 1 fully saturated rings. The fraction of sp³-hybridized carbons (Fsp3) is 0.538. The second kappa shape index (κ2) is 3.74. The van der Waals surface area contributed by atoms with Gasteiger partial charge in [-0.25, -0.2) is 0 Å². The Morgan fingerprint density at radius 2 is 2.06 bits per heavy atom. The van der Waals surface area contributed by atoms with E-state index in [4.69, 9.17) is 10.5 Å². The average Bonchev–Trinajstić information content (AvgIpc) is 2.83. The lowest BCUT2D eigenvalue weighted by Gasteiger charge is -2.20. The van der Waals surface area contributed by atoms with Crippen LogP contribution in [0, 0.1) is 5.41 Å². The van der Waals surface area contributed by atoms with Crippen LogP contribution in [0.15, 0.2) is 22.7 Å². The van der Waals surface area contributed by atoms with E-state index in [2.05, 4.69) is 41.9 Å². The van der Waals surface area contributed by atoms with Crippen LogP contribution in [-0.4, -0.2) is 13.7 Å². The lowest BCUT2D eigenvalue weighted by atomic mass is 9.88. The van der Waals surface area contributed by atoms with Crippen molar-refractivity contribution < 1.29 is 4.74 Å². The van der Waals surface area contributed by atoms with Crippen LogP contribution in [0.1, 0.15) is 25.8 Å². The van der Waals surface area contributed by atoms with Crippen LogP contribution in [0.5, 0.6) is 5.75 Å². The van der Waals surface area contributed by atoms with Crippen molar-refractivity contribution in [3.8, 4) is 5.75 Å². The third kappa shape index (κ3) is 1.57. The molecule has 2 N–H and O–H groups in total. The molecule has 0 amide bonds. The minimum atomic E-state index is 0.140. The molecule has 88 valence electrons. The molecule has 1 aliphatic rings. The average molecular weight is 284 g/mol. The first kappa shape index (κ1) is 11.9. The summed E-state index contributed by atoms with van der Waals surface area (Å²) in [6, 6.07) is 6.29. The summed E-state index contributed by atoms with van der Waals surface area (Å²) in [5.74, 6) is 0.882. The minimum absolute atomic E-state index is 0.140. The number of benzene rings is 1. The lowest BCUT2D eigenvalue weighted by Crippen LogP contribution is -2.25. The van der Waals surface area contributed by atoms with Crippen molar-refractivity contribution in [3.63, 3.8) is 0 Å². The van der Waals surface area contributed by atoms with E-state index in [1.165, 1.54) is 5.56 Å². The second-order valence-electron chi connectivity index (χ2n) is 5.20. The van der Waals surface area contributed by atoms with Crippen molar-refractivity contribution in [3.05, 3.63) is 28.2 Å². The van der Waals surface area contributed by atoms with Gasteiger partial charge in [-0.1, -0.05) is 19.9 Å². The standard InChI is InChI=1S/C13H18BrNO/c1-12(2)7-13(12,8-15)9-4-5-10(14)11(6-9)16-3/h4-6H,7-8,15H2,1-3H3. The third-order valence-corrected chi connectivity index (χ3v) is 4.62. The van der Waals surface area contributed by atoms with Crippen molar-refractivity contribution in [2.24, 2.45) is 11.1 Å². The third-order valence-electron chi connectivity index (χ3n) is 3.97. The summed E-state index contributed by atoms with van der Waals surface area (Å²) in [5.41, 5.74) is 7.69. The maximum absolute atomic E-state index is 5.95. The molecule has 1 aromatic carbocycles. The molecular formula is C13H18BrNO. The molecule has 1 aromatic rings. The van der Waals surface area contributed by atoms with Gasteiger partial charge in [0.2, 0.25) is 0 Å². The summed E-state index contributed by atoms with van der Waals surface area (Å²) >= 11 is 3.47. The Balaban J connectivity index is 2.42. The molecule has 0 aliphatic heterocycles. The molecule has 16 heavy (non-hydrogen) atoms. The van der Waals surface area contributed by atoms with Gasteiger partial charge in [0.25, 0.3) is 0 Å². The van der Waals surface area contributed by atoms with Crippen LogP contribution in [0.2, 0.25) is 0 Å². The predicted molar refractivity (Wildman–Crippen MR) is 69.8 cm³/mol. The highest BCUT2D eigenvalue weighted by Crippen LogP contribution is 2.64. The minimum Gasteiger partial charge on any atom is -0.496 e. The predicted octanol–water partition coefficient (Wildman–Crippen LogP) is 3.08. The van der Waals surface area contributed by atoms with Gasteiger partial charge in [-0.3, -0.25) is 0 Å². The Morgan fingerprint density at radius 3 is 2.50 bits per heavy atom. The van der Waals surface area contributed by atoms with E-state index in [1.807, 2.05) is 6.07 Å². The van der Waals surface area contributed by atoms with E-state index < -0.39 is 0 Å². The first-order valence-corrected chi connectivity index (χ1v) is 6.30. The lowest BCUT2D eigenvalue weighted by molar-refractivity contribution is 0.409. The van der Waals surface area contributed by atoms with Crippen molar-refractivity contribution in [2.45, 2.75) is 25.7 Å². The number of halogens is 1. The summed E-state index contributed by atoms with van der Waals surface area (Å²) in [5, 5.41) is 0. The molecule has 0 bridgehead atoms. The zero-order valence-corrected chi connectivity index (χ0v) is 11.6. The molecule has 1 saturated carbocycles. The topological polar surface area (TPSA) is 35.2 Å². The Hall–Kier alpha value is -0.540. The van der Waals surface area contributed by atoms with Crippen LogP contribution in [-0.2, 0) is 5.41 Å². The van der Waals surface area contributed by atoms with E-state index in [-0.39, 0.29) is 5.41 Å². The highest BCUT2D eigenvalue weighted by Gasteiger charge is 2.60. The van der Waals surface area contributed by atoms with E-state index in [1.54, 1.807) is 7.11 Å². The molecule has 0 spiro atoms. The molecule has 2 nitrogen and oxygen atoms in total. The number of rotatable bonds is 3. The van der Waals surface area contributed by atoms with Gasteiger partial charge in [-0.2, -0.15) is 0 Å². The molecular weight excluding hydrogens is 266 g/mol. The van der Waals surface area contributed by atoms with Gasteiger partial charge in [-0.05, 0) is 45.5 Å². The fourth-order valence-electron chi connectivity index (χ4n) is 2.63. The van der Waals surface area contributed by atoms with Gasteiger partial charge in [-0.15, -0.1) is 0 Å². The van der Waals surface area contributed by atoms with E-state index >= 15 is 0 Å². The van der Waals surface area contributed by atoms with Gasteiger partial charge in [0.15, 0.2) is 0 Å². The maximum atomic E-state index is 5.95. The van der Waals surface area contributed by atoms with Crippen LogP contribution in [0.3, 0.4) is 0 Å². The van der Waals surface area contributed by atoms with E-state index in [0.29, 0.717) is 12.0 Å². The van der Waals surface area contributed by atoms with Gasteiger partial charge in [0.05, 0.1) is 11.6 Å². The summed E-state index contributed by atoms with van der Waals surface area (Å²) in [6.45, 7) is 5.24. The van der Waals surface area contributed by atoms with Crippen LogP contribution >= 0.6 is 15.9 Å². The monoisotopic (exact) mass is 283 g/mol. The number of nitrogens with two attached hydrogens (primary N) is 1. The van der Waals surface area contributed by atoms with Crippen molar-refractivity contribution in [2.75, 3.05) is 13.7 Å². The molecule has 1 atom stereocenters. The Morgan fingerprint density at radius 1 is 1.44 bits per heavy atom. The number of ether oxygens (including phenoxy) is 1. The highest BCUT2D eigenvalue weighted by atomic mass is 79.9. The second-order valence-corrected chi connectivity index (χ2v) is 6.05. The molecule has 0 saturated heterocycles. The smallest absolute Gasteiger partial charge is 0.133 e. The maximum Gasteiger partial charge on any atom is 0.133 e. The molecule has 2 rings (SSSR count). The number of hydrogen-bond acceptors (Lipinski definition) is 2. The molecule has 1 unspecified atom stereocenters. The summed E-state index contributed by atoms with van der Waals surface area (Å²) in [6.07, 6.45) is 1.15. The van der Waals surface area contributed by atoms with Crippen LogP contribution in [0.25, 0.3) is 0 Å². The fourth-order valence-corrected chi connectivity index (χ4v) is 3.04. The van der Waals surface area contributed by atoms with E-state index in [9.17, 15) is 0 Å². The van der Waals surface area contributed by atoms with Gasteiger partial charge in [0, 0.05) is 12.0 Å². The normalized spacial score (nSPS) is 26.6. The summed E-state index contributed by atoms with van der Waals surface area (Å²) in [4.78, 5) is 0. The van der Waals surface area contributed by atoms with Gasteiger partial charge in [0.1, 0.15) is 5.75 Å². The van der Waals surface area contributed by atoms with Gasteiger partial charge < -0.3 is 10.5 Å². The quantitative estimate of drug-likeness (QED) is 0.925. The van der Waals surface area contributed by atoms with Gasteiger partial charge >= 0.3 is 0 Å². The zero-order chi connectivity index (χ0) is 12.0. The zero-order valence-electron chi connectivity index (χ0n) is 10.0. The molecule has 3 heteroatoms. The number of hydrogen-bond donors (Lipinski definition) is 1. The van der Waals surface area contributed by atoms with E-state index in [0.717, 1.165) is 16.6 Å². The molecule has 0 heterocycles. The summed E-state index contributed by atoms with van der Waals surface area (Å²) < 4.78 is 6.32. The molecule has 0 radical (unpaired) electrons. The van der Waals surface area contributed by atoms with Crippen LogP contribution in [0.4, 0.5) is 0 Å². The van der Waals surface area contributed by atoms with Crippen molar-refractivity contribution in [1.29, 1.82) is 0 Å². The Bertz CT molecular complexity index is 416. The first-order valence-electron chi connectivity index (χ1n) is 5.51. The first-order chi connectivity index (χ1) is 7.47. The molecule has 0 aromatic heterocycles. The van der Waals surface area contributed by atoms with Crippen molar-refractivity contribution in [1.82, 2.24) is 0 Å². The largest absolute Gasteiger partial charge is 0.496 e. The Labute approximate surface area is 105 Å².